The number of ether oxygens (including phenoxy) is 4. The predicted molar refractivity (Wildman–Crippen MR) is 146 cm³/mol. The average Bonchev–Trinajstić information content (AvgIpc) is 3.39. The molecule has 0 fully saturated rings. The first kappa shape index (κ1) is 27.7. The van der Waals surface area contributed by atoms with Gasteiger partial charge in [0.2, 0.25) is 0 Å². The predicted octanol–water partition coefficient (Wildman–Crippen LogP) is 4.42. The van der Waals surface area contributed by atoms with E-state index in [9.17, 15) is 18.0 Å². The number of rotatable bonds is 10. The van der Waals surface area contributed by atoms with Crippen LogP contribution in [-0.2, 0) is 32.6 Å². The lowest BCUT2D eigenvalue weighted by molar-refractivity contribution is -0.138. The molecule has 0 aromatic heterocycles. The fourth-order valence-corrected chi connectivity index (χ4v) is 6.09. The van der Waals surface area contributed by atoms with Crippen molar-refractivity contribution in [1.29, 1.82) is 0 Å². The van der Waals surface area contributed by atoms with Gasteiger partial charge in [-0.25, -0.2) is 13.2 Å². The Morgan fingerprint density at radius 3 is 2.38 bits per heavy atom. The van der Waals surface area contributed by atoms with Gasteiger partial charge in [-0.05, 0) is 66.9 Å². The van der Waals surface area contributed by atoms with E-state index < -0.39 is 16.0 Å². The van der Waals surface area contributed by atoms with Gasteiger partial charge in [-0.3, -0.25) is 9.10 Å². The average molecular weight is 552 g/mol. The Labute approximate surface area is 227 Å². The van der Waals surface area contributed by atoms with Gasteiger partial charge in [0.25, 0.3) is 10.0 Å². The molecule has 0 saturated carbocycles. The van der Waals surface area contributed by atoms with Crippen LogP contribution in [0.3, 0.4) is 0 Å². The van der Waals surface area contributed by atoms with Crippen molar-refractivity contribution < 1.29 is 37.0 Å². The van der Waals surface area contributed by atoms with E-state index in [2.05, 4.69) is 0 Å². The van der Waals surface area contributed by atoms with Crippen LogP contribution < -0.4 is 18.5 Å². The fraction of sp³-hybridized carbons (Fsp3) is 0.241. The molecule has 4 rings (SSSR count). The Morgan fingerprint density at radius 2 is 1.69 bits per heavy atom. The molecule has 0 N–H and O–H groups in total. The number of Topliss-reactive ketones (excluding diaryl/α,β-unsaturated/α-hetero) is 1. The zero-order valence-corrected chi connectivity index (χ0v) is 22.9. The maximum atomic E-state index is 13.8. The number of para-hydroxylation sites is 1. The number of ketones is 1. The van der Waals surface area contributed by atoms with Crippen LogP contribution in [0.5, 0.6) is 17.2 Å². The maximum absolute atomic E-state index is 13.8. The summed E-state index contributed by atoms with van der Waals surface area (Å²) in [6.07, 6.45) is 3.22. The minimum atomic E-state index is -4.02. The summed E-state index contributed by atoms with van der Waals surface area (Å²) < 4.78 is 50.4. The molecule has 0 atom stereocenters. The molecule has 0 spiro atoms. The fourth-order valence-electron chi connectivity index (χ4n) is 4.39. The van der Waals surface area contributed by atoms with Crippen molar-refractivity contribution in [3.05, 3.63) is 82.9 Å². The SMILES string of the molecule is COc1ccc(C(C)=O)cc1COC(=O)/C=C/c1cc(OC)c(OC)c(S(=O)(=O)N2CCc3ccccc32)c1. The smallest absolute Gasteiger partial charge is 0.331 e. The lowest BCUT2D eigenvalue weighted by Crippen LogP contribution is -2.29. The number of sulfonamides is 1. The maximum Gasteiger partial charge on any atom is 0.331 e. The van der Waals surface area contributed by atoms with Crippen LogP contribution >= 0.6 is 0 Å². The summed E-state index contributed by atoms with van der Waals surface area (Å²) in [5.41, 5.74) is 2.96. The molecule has 0 bridgehead atoms. The highest BCUT2D eigenvalue weighted by Crippen LogP contribution is 2.40. The highest BCUT2D eigenvalue weighted by molar-refractivity contribution is 7.93. The lowest BCUT2D eigenvalue weighted by Gasteiger charge is -2.22. The highest BCUT2D eigenvalue weighted by Gasteiger charge is 2.34. The number of hydrogen-bond acceptors (Lipinski definition) is 8. The van der Waals surface area contributed by atoms with E-state index in [1.54, 1.807) is 36.4 Å². The van der Waals surface area contributed by atoms with Crippen molar-refractivity contribution in [2.45, 2.75) is 24.8 Å². The molecule has 0 amide bonds. The summed E-state index contributed by atoms with van der Waals surface area (Å²) in [5.74, 6) is -0.0429. The van der Waals surface area contributed by atoms with E-state index in [0.717, 1.165) is 5.56 Å². The third-order valence-electron chi connectivity index (χ3n) is 6.35. The molecule has 10 heteroatoms. The third-order valence-corrected chi connectivity index (χ3v) is 8.17. The summed E-state index contributed by atoms with van der Waals surface area (Å²) in [5, 5.41) is 0. The van der Waals surface area contributed by atoms with E-state index >= 15 is 0 Å². The third kappa shape index (κ3) is 5.75. The van der Waals surface area contributed by atoms with E-state index in [-0.39, 0.29) is 28.8 Å². The molecule has 3 aromatic rings. The van der Waals surface area contributed by atoms with E-state index in [1.807, 2.05) is 12.1 Å². The Bertz CT molecular complexity index is 1540. The van der Waals surface area contributed by atoms with Crippen LogP contribution in [0, 0.1) is 0 Å². The number of esters is 1. The molecule has 9 nitrogen and oxygen atoms in total. The van der Waals surface area contributed by atoms with Crippen LogP contribution in [0.1, 0.15) is 34.0 Å². The number of carbonyl (C=O) groups is 2. The van der Waals surface area contributed by atoms with Gasteiger partial charge in [0.15, 0.2) is 17.3 Å². The largest absolute Gasteiger partial charge is 0.496 e. The van der Waals surface area contributed by atoms with Gasteiger partial charge < -0.3 is 18.9 Å². The summed E-state index contributed by atoms with van der Waals surface area (Å²) in [7, 11) is 0.245. The van der Waals surface area contributed by atoms with Crippen molar-refractivity contribution in [3.63, 3.8) is 0 Å². The van der Waals surface area contributed by atoms with Gasteiger partial charge in [-0.1, -0.05) is 18.2 Å². The molecular formula is C29H29NO8S. The van der Waals surface area contributed by atoms with Gasteiger partial charge in [0.1, 0.15) is 17.3 Å². The molecule has 1 heterocycles. The highest BCUT2D eigenvalue weighted by atomic mass is 32.2. The van der Waals surface area contributed by atoms with Crippen LogP contribution in [0.15, 0.2) is 65.6 Å². The second kappa shape index (κ2) is 11.6. The van der Waals surface area contributed by atoms with Crippen molar-refractivity contribution >= 4 is 33.5 Å². The summed E-state index contributed by atoms with van der Waals surface area (Å²) in [6, 6.07) is 15.2. The summed E-state index contributed by atoms with van der Waals surface area (Å²) >= 11 is 0. The Kier molecular flexibility index (Phi) is 8.25. The molecule has 204 valence electrons. The first-order chi connectivity index (χ1) is 18.7. The summed E-state index contributed by atoms with van der Waals surface area (Å²) in [6.45, 7) is 1.63. The van der Waals surface area contributed by atoms with Gasteiger partial charge in [0, 0.05) is 23.7 Å². The lowest BCUT2D eigenvalue weighted by atomic mass is 10.1. The normalized spacial score (nSPS) is 12.8. The Balaban J connectivity index is 1.60. The molecule has 0 unspecified atom stereocenters. The van der Waals surface area contributed by atoms with Crippen molar-refractivity contribution in [2.75, 3.05) is 32.2 Å². The molecular weight excluding hydrogens is 522 g/mol. The standard InChI is InChI=1S/C29H29NO8S/c1-19(31)22-10-11-25(35-2)23(17-22)18-38-28(32)12-9-20-15-26(36-3)29(37-4)27(16-20)39(33,34)30-14-13-21-7-5-6-8-24(21)30/h5-12,15-17H,13-14,18H2,1-4H3/b12-9+. The van der Waals surface area contributed by atoms with Gasteiger partial charge in [0.05, 0.1) is 27.0 Å². The molecule has 0 aliphatic carbocycles. The summed E-state index contributed by atoms with van der Waals surface area (Å²) in [4.78, 5) is 24.1. The van der Waals surface area contributed by atoms with Gasteiger partial charge in [-0.15, -0.1) is 0 Å². The quantitative estimate of drug-likeness (QED) is 0.207. The van der Waals surface area contributed by atoms with Crippen LogP contribution in [-0.4, -0.2) is 48.0 Å². The second-order valence-corrected chi connectivity index (χ2v) is 10.6. The van der Waals surface area contributed by atoms with Crippen molar-refractivity contribution in [3.8, 4) is 17.2 Å². The van der Waals surface area contributed by atoms with Gasteiger partial charge >= 0.3 is 5.97 Å². The number of anilines is 1. The minimum absolute atomic E-state index is 0.0686. The molecule has 1 aliphatic rings. The minimum Gasteiger partial charge on any atom is -0.496 e. The van der Waals surface area contributed by atoms with E-state index in [0.29, 0.717) is 41.1 Å². The molecule has 0 saturated heterocycles. The Morgan fingerprint density at radius 1 is 0.949 bits per heavy atom. The van der Waals surface area contributed by atoms with Crippen LogP contribution in [0.25, 0.3) is 6.08 Å². The number of nitrogens with zero attached hydrogens (tertiary/aromatic N) is 1. The zero-order valence-electron chi connectivity index (χ0n) is 22.1. The second-order valence-electron chi connectivity index (χ2n) is 8.73. The Hall–Kier alpha value is -4.31. The molecule has 1 aliphatic heterocycles. The molecule has 0 radical (unpaired) electrons. The molecule has 3 aromatic carbocycles. The number of methoxy groups -OCH3 is 3. The van der Waals surface area contributed by atoms with Crippen LogP contribution in [0.4, 0.5) is 5.69 Å². The van der Waals surface area contributed by atoms with Crippen molar-refractivity contribution in [1.82, 2.24) is 0 Å². The first-order valence-electron chi connectivity index (χ1n) is 12.1. The number of fused-ring (bicyclic) bond motifs is 1. The van der Waals surface area contributed by atoms with Crippen LogP contribution in [0.2, 0.25) is 0 Å². The van der Waals surface area contributed by atoms with E-state index in [1.165, 1.54) is 50.8 Å². The van der Waals surface area contributed by atoms with Crippen molar-refractivity contribution in [2.24, 2.45) is 0 Å². The number of hydrogen-bond donors (Lipinski definition) is 0. The van der Waals surface area contributed by atoms with Gasteiger partial charge in [-0.2, -0.15) is 0 Å². The first-order valence-corrected chi connectivity index (χ1v) is 13.5. The number of carbonyl (C=O) groups excluding carboxylic acids is 2. The van der Waals surface area contributed by atoms with E-state index in [4.69, 9.17) is 18.9 Å². The monoisotopic (exact) mass is 551 g/mol. The topological polar surface area (TPSA) is 108 Å². The number of benzene rings is 3. The zero-order chi connectivity index (χ0) is 28.2. The molecule has 39 heavy (non-hydrogen) atoms.